The number of halogens is 1. The first-order valence-electron chi connectivity index (χ1n) is 7.27. The molecule has 0 bridgehead atoms. The normalized spacial score (nSPS) is 23.8. The van der Waals surface area contributed by atoms with Crippen molar-refractivity contribution in [1.29, 1.82) is 0 Å². The average Bonchev–Trinajstić information content (AvgIpc) is 2.41. The number of rotatable bonds is 4. The van der Waals surface area contributed by atoms with Gasteiger partial charge in [0.15, 0.2) is 0 Å². The highest BCUT2D eigenvalue weighted by Crippen LogP contribution is 2.27. The summed E-state index contributed by atoms with van der Waals surface area (Å²) >= 11 is 0. The van der Waals surface area contributed by atoms with Crippen molar-refractivity contribution in [2.24, 2.45) is 11.7 Å². The van der Waals surface area contributed by atoms with Gasteiger partial charge in [-0.1, -0.05) is 31.9 Å². The van der Waals surface area contributed by atoms with Crippen LogP contribution in [0.1, 0.15) is 43.7 Å². The molecule has 0 heterocycles. The van der Waals surface area contributed by atoms with Gasteiger partial charge < -0.3 is 5.73 Å². The molecule has 106 valence electrons. The Kier molecular flexibility index (Phi) is 4.94. The number of nitrogens with two attached hydrogens (primary N) is 1. The maximum absolute atomic E-state index is 13.4. The lowest BCUT2D eigenvalue weighted by molar-refractivity contribution is 0.157. The van der Waals surface area contributed by atoms with Gasteiger partial charge in [0.2, 0.25) is 0 Å². The second kappa shape index (κ2) is 6.49. The predicted molar refractivity (Wildman–Crippen MR) is 77.2 cm³/mol. The van der Waals surface area contributed by atoms with Crippen LogP contribution in [0.15, 0.2) is 18.2 Å². The second-order valence-corrected chi connectivity index (χ2v) is 5.97. The van der Waals surface area contributed by atoms with Gasteiger partial charge in [0.25, 0.3) is 0 Å². The molecule has 2 atom stereocenters. The van der Waals surface area contributed by atoms with E-state index in [0.29, 0.717) is 11.6 Å². The third kappa shape index (κ3) is 3.77. The van der Waals surface area contributed by atoms with Gasteiger partial charge in [0.05, 0.1) is 0 Å². The molecule has 2 N–H and O–H groups in total. The highest BCUT2D eigenvalue weighted by atomic mass is 19.1. The van der Waals surface area contributed by atoms with Crippen molar-refractivity contribution in [2.75, 3.05) is 7.05 Å². The van der Waals surface area contributed by atoms with Crippen molar-refractivity contribution in [2.45, 2.75) is 51.7 Å². The summed E-state index contributed by atoms with van der Waals surface area (Å²) in [5.74, 6) is 0.634. The summed E-state index contributed by atoms with van der Waals surface area (Å²) in [5, 5.41) is 0. The Morgan fingerprint density at radius 3 is 2.84 bits per heavy atom. The van der Waals surface area contributed by atoms with Crippen LogP contribution in [-0.4, -0.2) is 18.0 Å². The molecule has 0 amide bonds. The quantitative estimate of drug-likeness (QED) is 0.904. The Morgan fingerprint density at radius 2 is 2.16 bits per heavy atom. The van der Waals surface area contributed by atoms with Crippen LogP contribution >= 0.6 is 0 Å². The molecule has 2 nitrogen and oxygen atoms in total. The Morgan fingerprint density at radius 1 is 1.37 bits per heavy atom. The van der Waals surface area contributed by atoms with Crippen molar-refractivity contribution in [3.05, 3.63) is 35.1 Å². The van der Waals surface area contributed by atoms with Gasteiger partial charge in [-0.2, -0.15) is 0 Å². The summed E-state index contributed by atoms with van der Waals surface area (Å²) in [5.41, 5.74) is 7.33. The zero-order chi connectivity index (χ0) is 13.8. The van der Waals surface area contributed by atoms with E-state index >= 15 is 0 Å². The van der Waals surface area contributed by atoms with E-state index in [1.807, 2.05) is 12.1 Å². The van der Waals surface area contributed by atoms with Gasteiger partial charge in [-0.25, -0.2) is 4.39 Å². The minimum absolute atomic E-state index is 0.194. The molecule has 2 rings (SSSR count). The van der Waals surface area contributed by atoms with Crippen molar-refractivity contribution in [1.82, 2.24) is 4.90 Å². The molecule has 0 aromatic heterocycles. The maximum atomic E-state index is 13.4. The molecule has 1 aliphatic carbocycles. The lowest BCUT2D eigenvalue weighted by atomic mass is 9.86. The van der Waals surface area contributed by atoms with Crippen LogP contribution in [0.5, 0.6) is 0 Å². The van der Waals surface area contributed by atoms with E-state index in [9.17, 15) is 4.39 Å². The number of hydrogen-bond donors (Lipinski definition) is 1. The smallest absolute Gasteiger partial charge is 0.127 e. The van der Waals surface area contributed by atoms with Crippen LogP contribution in [0.4, 0.5) is 4.39 Å². The SMILES string of the molecule is CC1CCCC(N(C)Cc2ccc(F)c(CN)c2)C1. The minimum Gasteiger partial charge on any atom is -0.326 e. The van der Waals surface area contributed by atoms with Crippen LogP contribution in [0.25, 0.3) is 0 Å². The summed E-state index contributed by atoms with van der Waals surface area (Å²) in [7, 11) is 2.17. The summed E-state index contributed by atoms with van der Waals surface area (Å²) in [6, 6.07) is 5.97. The second-order valence-electron chi connectivity index (χ2n) is 5.97. The van der Waals surface area contributed by atoms with Crippen LogP contribution in [-0.2, 0) is 13.1 Å². The molecule has 1 fully saturated rings. The van der Waals surface area contributed by atoms with Crippen LogP contribution < -0.4 is 5.73 Å². The molecule has 0 spiro atoms. The van der Waals surface area contributed by atoms with Crippen molar-refractivity contribution in [3.63, 3.8) is 0 Å². The summed E-state index contributed by atoms with van der Waals surface area (Å²) in [4.78, 5) is 2.41. The maximum Gasteiger partial charge on any atom is 0.127 e. The fourth-order valence-corrected chi connectivity index (χ4v) is 3.10. The number of hydrogen-bond acceptors (Lipinski definition) is 2. The number of benzene rings is 1. The first kappa shape index (κ1) is 14.5. The van der Waals surface area contributed by atoms with E-state index in [4.69, 9.17) is 5.73 Å². The fraction of sp³-hybridized carbons (Fsp3) is 0.625. The summed E-state index contributed by atoms with van der Waals surface area (Å²) < 4.78 is 13.4. The highest BCUT2D eigenvalue weighted by molar-refractivity contribution is 5.25. The third-order valence-corrected chi connectivity index (χ3v) is 4.29. The number of nitrogens with zero attached hydrogens (tertiary/aromatic N) is 1. The van der Waals surface area contributed by atoms with E-state index in [-0.39, 0.29) is 12.4 Å². The van der Waals surface area contributed by atoms with E-state index in [0.717, 1.165) is 18.0 Å². The van der Waals surface area contributed by atoms with Crippen LogP contribution in [0.2, 0.25) is 0 Å². The van der Waals surface area contributed by atoms with E-state index < -0.39 is 0 Å². The lowest BCUT2D eigenvalue weighted by Crippen LogP contribution is -2.35. The molecule has 1 aromatic rings. The van der Waals surface area contributed by atoms with Gasteiger partial charge in [-0.15, -0.1) is 0 Å². The van der Waals surface area contributed by atoms with Gasteiger partial charge in [0.1, 0.15) is 5.82 Å². The lowest BCUT2D eigenvalue weighted by Gasteiger charge is -2.34. The molecular formula is C16H25FN2. The Bertz CT molecular complexity index is 419. The van der Waals surface area contributed by atoms with E-state index in [1.165, 1.54) is 31.7 Å². The van der Waals surface area contributed by atoms with Gasteiger partial charge in [0, 0.05) is 24.7 Å². The zero-order valence-electron chi connectivity index (χ0n) is 12.0. The molecule has 0 aliphatic heterocycles. The van der Waals surface area contributed by atoms with Crippen LogP contribution in [0.3, 0.4) is 0 Å². The topological polar surface area (TPSA) is 29.3 Å². The summed E-state index contributed by atoms with van der Waals surface area (Å²) in [6.45, 7) is 3.49. The van der Waals surface area contributed by atoms with E-state index in [1.54, 1.807) is 0 Å². The third-order valence-electron chi connectivity index (χ3n) is 4.29. The summed E-state index contributed by atoms with van der Waals surface area (Å²) in [6.07, 6.45) is 5.25. The average molecular weight is 264 g/mol. The molecule has 3 heteroatoms. The largest absolute Gasteiger partial charge is 0.326 e. The van der Waals surface area contributed by atoms with E-state index in [2.05, 4.69) is 18.9 Å². The van der Waals surface area contributed by atoms with Gasteiger partial charge >= 0.3 is 0 Å². The highest BCUT2D eigenvalue weighted by Gasteiger charge is 2.22. The molecular weight excluding hydrogens is 239 g/mol. The first-order valence-corrected chi connectivity index (χ1v) is 7.27. The molecule has 0 saturated heterocycles. The minimum atomic E-state index is -0.194. The van der Waals surface area contributed by atoms with Crippen LogP contribution in [0, 0.1) is 11.7 Å². The standard InChI is InChI=1S/C16H25FN2/c1-12-4-3-5-15(8-12)19(2)11-13-6-7-16(17)14(9-13)10-18/h6-7,9,12,15H,3-5,8,10-11,18H2,1-2H3. The zero-order valence-corrected chi connectivity index (χ0v) is 12.0. The first-order chi connectivity index (χ1) is 9.10. The predicted octanol–water partition coefficient (Wildman–Crippen LogP) is 3.29. The molecule has 19 heavy (non-hydrogen) atoms. The van der Waals surface area contributed by atoms with Gasteiger partial charge in [-0.3, -0.25) is 4.90 Å². The monoisotopic (exact) mass is 264 g/mol. The Labute approximate surface area is 115 Å². The van der Waals surface area contributed by atoms with Crippen molar-refractivity contribution >= 4 is 0 Å². The van der Waals surface area contributed by atoms with Crippen molar-refractivity contribution < 1.29 is 4.39 Å². The van der Waals surface area contributed by atoms with Crippen molar-refractivity contribution in [3.8, 4) is 0 Å². The fourth-order valence-electron chi connectivity index (χ4n) is 3.10. The molecule has 1 aromatic carbocycles. The molecule has 1 saturated carbocycles. The van der Waals surface area contributed by atoms with Gasteiger partial charge in [-0.05, 0) is 37.4 Å². The Hall–Kier alpha value is -0.930. The molecule has 1 aliphatic rings. The molecule has 0 radical (unpaired) electrons. The Balaban J connectivity index is 1.99. The molecule has 2 unspecified atom stereocenters.